The Hall–Kier alpha value is -1.53. The highest BCUT2D eigenvalue weighted by Crippen LogP contribution is 2.38. The predicted octanol–water partition coefficient (Wildman–Crippen LogP) is 3.87. The smallest absolute Gasteiger partial charge is 0.410 e. The van der Waals surface area contributed by atoms with Crippen LogP contribution < -0.4 is 0 Å². The maximum absolute atomic E-state index is 12.1. The number of nitrogens with zero attached hydrogens (tertiary/aromatic N) is 1. The Labute approximate surface area is 149 Å². The summed E-state index contributed by atoms with van der Waals surface area (Å²) in [6.07, 6.45) is 3.42. The standard InChI is InChI=1S/C13H23NO3.C4H5ClO2/c1-6-7-17-11(16)14-12(2,3)8-10(15)9-13(14,4)5;1-2-3-7-4(5)6/h6,10,15H,1,7-9H2,2-5H3;2H,1,3H2. The molecule has 0 unspecified atom stereocenters. The van der Waals surface area contributed by atoms with Gasteiger partial charge in [0, 0.05) is 22.7 Å². The second-order valence-electron chi connectivity index (χ2n) is 6.73. The Morgan fingerprint density at radius 1 is 1.12 bits per heavy atom. The van der Waals surface area contributed by atoms with Gasteiger partial charge in [0.25, 0.3) is 0 Å². The minimum absolute atomic E-state index is 0.183. The third-order valence-corrected chi connectivity index (χ3v) is 3.61. The highest BCUT2D eigenvalue weighted by atomic mass is 35.5. The fourth-order valence-electron chi connectivity index (χ4n) is 3.04. The maximum atomic E-state index is 12.1. The normalized spacial score (nSPS) is 18.7. The van der Waals surface area contributed by atoms with E-state index in [1.165, 1.54) is 6.08 Å². The fraction of sp³-hybridized carbons (Fsp3) is 0.647. The topological polar surface area (TPSA) is 76.1 Å². The number of halogens is 1. The summed E-state index contributed by atoms with van der Waals surface area (Å²) in [5, 5.41) is 9.86. The number of hydrogen-bond donors (Lipinski definition) is 1. The average molecular weight is 362 g/mol. The summed E-state index contributed by atoms with van der Waals surface area (Å²) in [4.78, 5) is 23.5. The Bertz CT molecular complexity index is 444. The number of rotatable bonds is 4. The van der Waals surface area contributed by atoms with Crippen molar-refractivity contribution in [2.24, 2.45) is 0 Å². The van der Waals surface area contributed by atoms with E-state index in [2.05, 4.69) is 17.9 Å². The molecule has 0 saturated carbocycles. The molecule has 0 aromatic rings. The van der Waals surface area contributed by atoms with Crippen molar-refractivity contribution in [3.05, 3.63) is 25.3 Å². The van der Waals surface area contributed by atoms with Crippen LogP contribution in [0, 0.1) is 0 Å². The molecule has 6 nitrogen and oxygen atoms in total. The highest BCUT2D eigenvalue weighted by Gasteiger charge is 2.48. The van der Waals surface area contributed by atoms with E-state index >= 15 is 0 Å². The molecule has 0 atom stereocenters. The first-order chi connectivity index (χ1) is 11.0. The molecule has 0 aliphatic carbocycles. The second kappa shape index (κ2) is 9.69. The van der Waals surface area contributed by atoms with E-state index < -0.39 is 16.5 Å². The third kappa shape index (κ3) is 7.36. The molecule has 0 radical (unpaired) electrons. The summed E-state index contributed by atoms with van der Waals surface area (Å²) < 4.78 is 9.32. The number of aliphatic hydroxyl groups is 1. The highest BCUT2D eigenvalue weighted by molar-refractivity contribution is 6.61. The van der Waals surface area contributed by atoms with Crippen molar-refractivity contribution >= 4 is 23.1 Å². The Balaban J connectivity index is 0.000000640. The van der Waals surface area contributed by atoms with Gasteiger partial charge in [0.15, 0.2) is 0 Å². The van der Waals surface area contributed by atoms with Gasteiger partial charge in [0.1, 0.15) is 13.2 Å². The molecule has 138 valence electrons. The van der Waals surface area contributed by atoms with Crippen LogP contribution in [0.1, 0.15) is 40.5 Å². The number of amides is 1. The van der Waals surface area contributed by atoms with Gasteiger partial charge < -0.3 is 14.6 Å². The molecule has 0 aromatic carbocycles. The summed E-state index contributed by atoms with van der Waals surface area (Å²) >= 11 is 4.75. The molecule has 1 aliphatic rings. The number of carbonyl (C=O) groups is 2. The lowest BCUT2D eigenvalue weighted by molar-refractivity contribution is -0.0681. The van der Waals surface area contributed by atoms with E-state index in [4.69, 9.17) is 16.3 Å². The summed E-state index contributed by atoms with van der Waals surface area (Å²) in [6.45, 7) is 15.0. The number of hydrogen-bond acceptors (Lipinski definition) is 5. The van der Waals surface area contributed by atoms with Crippen LogP contribution in [0.2, 0.25) is 0 Å². The monoisotopic (exact) mass is 361 g/mol. The minimum atomic E-state index is -0.792. The van der Waals surface area contributed by atoms with Crippen molar-refractivity contribution in [3.63, 3.8) is 0 Å². The lowest BCUT2D eigenvalue weighted by Gasteiger charge is -2.53. The Kier molecular flexibility index (Phi) is 9.07. The molecule has 24 heavy (non-hydrogen) atoms. The van der Waals surface area contributed by atoms with Gasteiger partial charge in [-0.05, 0) is 40.5 Å². The van der Waals surface area contributed by atoms with Crippen molar-refractivity contribution in [2.75, 3.05) is 13.2 Å². The van der Waals surface area contributed by atoms with E-state index in [0.717, 1.165) is 0 Å². The molecule has 0 spiro atoms. The molecule has 1 N–H and O–H groups in total. The number of piperidine rings is 1. The summed E-state index contributed by atoms with van der Waals surface area (Å²) in [7, 11) is 0. The molecule has 1 fully saturated rings. The van der Waals surface area contributed by atoms with Crippen molar-refractivity contribution < 1.29 is 24.2 Å². The zero-order valence-corrected chi connectivity index (χ0v) is 15.6. The van der Waals surface area contributed by atoms with E-state index in [1.807, 2.05) is 27.7 Å². The van der Waals surface area contributed by atoms with Crippen LogP contribution in [0.25, 0.3) is 0 Å². The van der Waals surface area contributed by atoms with Crippen LogP contribution in [0.3, 0.4) is 0 Å². The van der Waals surface area contributed by atoms with Gasteiger partial charge in [0.05, 0.1) is 6.10 Å². The molecule has 1 amide bonds. The van der Waals surface area contributed by atoms with Crippen LogP contribution in [0.4, 0.5) is 9.59 Å². The van der Waals surface area contributed by atoms with Gasteiger partial charge in [-0.15, -0.1) is 0 Å². The Morgan fingerprint density at radius 3 is 1.88 bits per heavy atom. The van der Waals surface area contributed by atoms with Crippen molar-refractivity contribution in [1.82, 2.24) is 4.90 Å². The molecule has 0 bridgehead atoms. The third-order valence-electron chi connectivity index (χ3n) is 3.50. The number of likely N-dealkylation sites (tertiary alicyclic amines) is 1. The van der Waals surface area contributed by atoms with E-state index in [0.29, 0.717) is 12.8 Å². The first kappa shape index (κ1) is 22.5. The molecule has 1 heterocycles. The van der Waals surface area contributed by atoms with Crippen molar-refractivity contribution in [1.29, 1.82) is 0 Å². The lowest BCUT2D eigenvalue weighted by Crippen LogP contribution is -2.64. The van der Waals surface area contributed by atoms with E-state index in [9.17, 15) is 14.7 Å². The van der Waals surface area contributed by atoms with Crippen LogP contribution >= 0.6 is 11.6 Å². The van der Waals surface area contributed by atoms with Crippen LogP contribution in [0.15, 0.2) is 25.3 Å². The predicted molar refractivity (Wildman–Crippen MR) is 94.2 cm³/mol. The average Bonchev–Trinajstić information content (AvgIpc) is 2.40. The largest absolute Gasteiger partial charge is 0.449 e. The van der Waals surface area contributed by atoms with Gasteiger partial charge in [-0.2, -0.15) is 0 Å². The molecule has 7 heteroatoms. The molecular formula is C17H28ClNO5. The molecule has 1 saturated heterocycles. The van der Waals surface area contributed by atoms with Gasteiger partial charge in [-0.1, -0.05) is 25.3 Å². The Morgan fingerprint density at radius 2 is 1.54 bits per heavy atom. The first-order valence-corrected chi connectivity index (χ1v) is 8.05. The second-order valence-corrected chi connectivity index (χ2v) is 7.03. The SMILES string of the molecule is C=CCOC(=O)Cl.C=CCOC(=O)N1C(C)(C)CC(O)CC1(C)C. The first-order valence-electron chi connectivity index (χ1n) is 7.67. The number of carbonyl (C=O) groups excluding carboxylic acids is 2. The van der Waals surface area contributed by atoms with Crippen LogP contribution in [-0.4, -0.2) is 51.9 Å². The van der Waals surface area contributed by atoms with E-state index in [1.54, 1.807) is 11.0 Å². The molecule has 0 aromatic heterocycles. The lowest BCUT2D eigenvalue weighted by atomic mass is 9.78. The fourth-order valence-corrected chi connectivity index (χ4v) is 3.10. The van der Waals surface area contributed by atoms with Gasteiger partial charge in [-0.25, -0.2) is 9.59 Å². The van der Waals surface area contributed by atoms with Gasteiger partial charge in [-0.3, -0.25) is 4.90 Å². The molecular weight excluding hydrogens is 334 g/mol. The zero-order valence-electron chi connectivity index (χ0n) is 14.9. The van der Waals surface area contributed by atoms with Crippen LogP contribution in [0.5, 0.6) is 0 Å². The summed E-state index contributed by atoms with van der Waals surface area (Å²) in [5.74, 6) is 0. The zero-order chi connectivity index (χ0) is 19.0. The maximum Gasteiger partial charge on any atom is 0.410 e. The van der Waals surface area contributed by atoms with Gasteiger partial charge in [0.2, 0.25) is 0 Å². The molecule has 1 rings (SSSR count). The van der Waals surface area contributed by atoms with Crippen LogP contribution in [-0.2, 0) is 9.47 Å². The number of aliphatic hydroxyl groups excluding tert-OH is 1. The number of ether oxygens (including phenoxy) is 2. The molecule has 1 aliphatic heterocycles. The van der Waals surface area contributed by atoms with Crippen molar-refractivity contribution in [3.8, 4) is 0 Å². The quantitative estimate of drug-likeness (QED) is 0.607. The van der Waals surface area contributed by atoms with E-state index in [-0.39, 0.29) is 25.4 Å². The van der Waals surface area contributed by atoms with Gasteiger partial charge >= 0.3 is 11.5 Å². The summed E-state index contributed by atoms with van der Waals surface area (Å²) in [5.41, 5.74) is -1.60. The van der Waals surface area contributed by atoms with Crippen molar-refractivity contribution in [2.45, 2.75) is 57.7 Å². The minimum Gasteiger partial charge on any atom is -0.449 e. The summed E-state index contributed by atoms with van der Waals surface area (Å²) in [6, 6.07) is 0.